The zero-order valence-corrected chi connectivity index (χ0v) is 16.1. The van der Waals surface area contributed by atoms with Crippen LogP contribution in [-0.4, -0.2) is 39.5 Å². The molecule has 4 rings (SSSR count). The number of likely N-dealkylation sites (tertiary alicyclic amines) is 1. The van der Waals surface area contributed by atoms with E-state index in [0.717, 1.165) is 17.5 Å². The lowest BCUT2D eigenvalue weighted by Crippen LogP contribution is -2.41. The van der Waals surface area contributed by atoms with E-state index >= 15 is 0 Å². The number of rotatable bonds is 5. The monoisotopic (exact) mass is 397 g/mol. The highest BCUT2D eigenvalue weighted by atomic mass is 32.1. The van der Waals surface area contributed by atoms with Crippen LogP contribution >= 0.6 is 11.3 Å². The van der Waals surface area contributed by atoms with Gasteiger partial charge in [0.25, 0.3) is 11.8 Å². The summed E-state index contributed by atoms with van der Waals surface area (Å²) in [4.78, 5) is 31.6. The first-order valence-corrected chi connectivity index (χ1v) is 9.90. The number of carbonyl (C=O) groups excluding carboxylic acids is 2. The fourth-order valence-electron chi connectivity index (χ4n) is 3.16. The van der Waals surface area contributed by atoms with Gasteiger partial charge in [-0.25, -0.2) is 4.79 Å². The van der Waals surface area contributed by atoms with Gasteiger partial charge in [0.15, 0.2) is 6.61 Å². The molecule has 0 N–H and O–H groups in total. The van der Waals surface area contributed by atoms with E-state index in [9.17, 15) is 9.59 Å². The van der Waals surface area contributed by atoms with Crippen molar-refractivity contribution in [3.8, 4) is 11.4 Å². The summed E-state index contributed by atoms with van der Waals surface area (Å²) in [5.74, 6) is 0.0888. The van der Waals surface area contributed by atoms with Crippen molar-refractivity contribution in [1.29, 1.82) is 0 Å². The van der Waals surface area contributed by atoms with Gasteiger partial charge in [-0.05, 0) is 31.2 Å². The van der Waals surface area contributed by atoms with Gasteiger partial charge in [-0.3, -0.25) is 4.79 Å². The highest BCUT2D eigenvalue weighted by Crippen LogP contribution is 2.23. The molecule has 1 atom stereocenters. The van der Waals surface area contributed by atoms with Crippen LogP contribution in [0.15, 0.2) is 46.3 Å². The zero-order chi connectivity index (χ0) is 19.5. The number of ether oxygens (including phenoxy) is 1. The summed E-state index contributed by atoms with van der Waals surface area (Å²) in [7, 11) is 0. The number of amides is 1. The molecular formula is C20H19N3O4S. The maximum Gasteiger partial charge on any atom is 0.329 e. The maximum absolute atomic E-state index is 12.6. The Balaban J connectivity index is 1.37. The lowest BCUT2D eigenvalue weighted by atomic mass is 10.1. The molecule has 0 radical (unpaired) electrons. The molecule has 3 aromatic rings. The molecule has 1 aliphatic heterocycles. The third kappa shape index (κ3) is 3.82. The summed E-state index contributed by atoms with van der Waals surface area (Å²) in [6.45, 7) is 2.43. The number of aromatic nitrogens is 2. The molecule has 0 bridgehead atoms. The first-order chi connectivity index (χ1) is 13.6. The Labute approximate surface area is 165 Å². The summed E-state index contributed by atoms with van der Waals surface area (Å²) in [5, 5.41) is 5.77. The molecule has 144 valence electrons. The average molecular weight is 397 g/mol. The van der Waals surface area contributed by atoms with E-state index in [4.69, 9.17) is 9.26 Å². The number of hydrogen-bond donors (Lipinski definition) is 0. The second-order valence-corrected chi connectivity index (χ2v) is 7.57. The van der Waals surface area contributed by atoms with Crippen LogP contribution < -0.4 is 0 Å². The van der Waals surface area contributed by atoms with Crippen molar-refractivity contribution in [3.63, 3.8) is 0 Å². The van der Waals surface area contributed by atoms with E-state index in [2.05, 4.69) is 10.1 Å². The molecule has 0 spiro atoms. The summed E-state index contributed by atoms with van der Waals surface area (Å²) in [5.41, 5.74) is 1.97. The van der Waals surface area contributed by atoms with Crippen molar-refractivity contribution in [2.75, 3.05) is 6.54 Å². The Kier molecular flexibility index (Phi) is 5.21. The highest BCUT2D eigenvalue weighted by molar-refractivity contribution is 7.12. The van der Waals surface area contributed by atoms with Crippen LogP contribution in [-0.2, 0) is 16.1 Å². The Bertz CT molecular complexity index is 966. The van der Waals surface area contributed by atoms with E-state index in [1.807, 2.05) is 42.6 Å². The number of esters is 1. The smallest absolute Gasteiger partial charge is 0.329 e. The number of nitrogens with zero attached hydrogens (tertiary/aromatic N) is 3. The molecule has 3 heterocycles. The van der Waals surface area contributed by atoms with Crippen LogP contribution in [0.3, 0.4) is 0 Å². The molecule has 1 aromatic carbocycles. The Morgan fingerprint density at radius 3 is 2.86 bits per heavy atom. The Morgan fingerprint density at radius 2 is 2.11 bits per heavy atom. The van der Waals surface area contributed by atoms with Gasteiger partial charge in [-0.1, -0.05) is 41.1 Å². The van der Waals surface area contributed by atoms with Gasteiger partial charge >= 0.3 is 5.97 Å². The van der Waals surface area contributed by atoms with Crippen molar-refractivity contribution in [1.82, 2.24) is 15.0 Å². The van der Waals surface area contributed by atoms with Crippen LogP contribution in [0.2, 0.25) is 0 Å². The summed E-state index contributed by atoms with van der Waals surface area (Å²) in [6, 6.07) is 10.7. The lowest BCUT2D eigenvalue weighted by molar-refractivity contribution is -0.150. The zero-order valence-electron chi connectivity index (χ0n) is 15.3. The minimum Gasteiger partial charge on any atom is -0.454 e. The Morgan fingerprint density at radius 1 is 1.29 bits per heavy atom. The summed E-state index contributed by atoms with van der Waals surface area (Å²) in [6.07, 6.45) is 1.36. The first-order valence-electron chi connectivity index (χ1n) is 9.02. The second-order valence-electron chi connectivity index (χ2n) is 6.62. The van der Waals surface area contributed by atoms with Gasteiger partial charge in [-0.15, -0.1) is 11.3 Å². The fourth-order valence-corrected chi connectivity index (χ4v) is 3.84. The SMILES string of the molecule is Cc1ccc(-c2noc(COC(=O)C3CCCN3C(=O)c3cccs3)n2)cc1. The summed E-state index contributed by atoms with van der Waals surface area (Å²) < 4.78 is 10.5. The van der Waals surface area contributed by atoms with Crippen LogP contribution in [0, 0.1) is 6.92 Å². The number of carbonyl (C=O) groups is 2. The van der Waals surface area contributed by atoms with Crippen molar-refractivity contribution in [2.45, 2.75) is 32.4 Å². The van der Waals surface area contributed by atoms with Gasteiger partial charge in [0, 0.05) is 12.1 Å². The van der Waals surface area contributed by atoms with Gasteiger partial charge < -0.3 is 14.2 Å². The minimum absolute atomic E-state index is 0.116. The molecular weight excluding hydrogens is 378 g/mol. The van der Waals surface area contributed by atoms with E-state index < -0.39 is 12.0 Å². The molecule has 1 aliphatic rings. The van der Waals surface area contributed by atoms with Gasteiger partial charge in [-0.2, -0.15) is 4.98 Å². The van der Waals surface area contributed by atoms with Crippen molar-refractivity contribution in [2.24, 2.45) is 0 Å². The summed E-state index contributed by atoms with van der Waals surface area (Å²) >= 11 is 1.37. The third-order valence-corrected chi connectivity index (χ3v) is 5.49. The molecule has 1 fully saturated rings. The van der Waals surface area contributed by atoms with Crippen molar-refractivity contribution >= 4 is 23.2 Å². The normalized spacial score (nSPS) is 16.3. The van der Waals surface area contributed by atoms with Gasteiger partial charge in [0.05, 0.1) is 4.88 Å². The number of aryl methyl sites for hydroxylation is 1. The topological polar surface area (TPSA) is 85.5 Å². The van der Waals surface area contributed by atoms with E-state index in [0.29, 0.717) is 23.7 Å². The molecule has 0 saturated carbocycles. The van der Waals surface area contributed by atoms with Gasteiger partial charge in [0.2, 0.25) is 5.82 Å². The van der Waals surface area contributed by atoms with E-state index in [1.54, 1.807) is 11.0 Å². The standard InChI is InChI=1S/C20H19N3O4S/c1-13-6-8-14(9-7-13)18-21-17(27-22-18)12-26-20(25)15-4-2-10-23(15)19(24)16-5-3-11-28-16/h3,5-9,11,15H,2,4,10,12H2,1H3. The molecule has 0 aliphatic carbocycles. The lowest BCUT2D eigenvalue weighted by Gasteiger charge is -2.22. The third-order valence-electron chi connectivity index (χ3n) is 4.63. The predicted molar refractivity (Wildman–Crippen MR) is 103 cm³/mol. The molecule has 1 amide bonds. The number of benzene rings is 1. The van der Waals surface area contributed by atoms with Crippen LogP contribution in [0.5, 0.6) is 0 Å². The van der Waals surface area contributed by atoms with Crippen LogP contribution in [0.4, 0.5) is 0 Å². The second kappa shape index (κ2) is 7.93. The van der Waals surface area contributed by atoms with Gasteiger partial charge in [0.1, 0.15) is 6.04 Å². The maximum atomic E-state index is 12.6. The van der Waals surface area contributed by atoms with E-state index in [1.165, 1.54) is 11.3 Å². The molecule has 28 heavy (non-hydrogen) atoms. The predicted octanol–water partition coefficient (Wildman–Crippen LogP) is 3.45. The van der Waals surface area contributed by atoms with Crippen LogP contribution in [0.1, 0.15) is 34.0 Å². The highest BCUT2D eigenvalue weighted by Gasteiger charge is 2.36. The molecule has 2 aromatic heterocycles. The average Bonchev–Trinajstić information content (AvgIpc) is 3.47. The largest absolute Gasteiger partial charge is 0.454 e. The number of thiophene rings is 1. The molecule has 8 heteroatoms. The van der Waals surface area contributed by atoms with Crippen LogP contribution in [0.25, 0.3) is 11.4 Å². The molecule has 1 unspecified atom stereocenters. The quantitative estimate of drug-likeness (QED) is 0.613. The Hall–Kier alpha value is -3.00. The molecule has 7 nitrogen and oxygen atoms in total. The number of hydrogen-bond acceptors (Lipinski definition) is 7. The van der Waals surface area contributed by atoms with E-state index in [-0.39, 0.29) is 18.4 Å². The van der Waals surface area contributed by atoms with Crippen molar-refractivity contribution < 1.29 is 18.8 Å². The minimum atomic E-state index is -0.575. The molecule has 1 saturated heterocycles. The van der Waals surface area contributed by atoms with Crippen molar-refractivity contribution in [3.05, 3.63) is 58.1 Å². The first kappa shape index (κ1) is 18.4. The fraction of sp³-hybridized carbons (Fsp3) is 0.300.